The average Bonchev–Trinajstić information content (AvgIpc) is 3.30. The Balaban J connectivity index is 1.57. The highest BCUT2D eigenvalue weighted by molar-refractivity contribution is 6.33. The van der Waals surface area contributed by atoms with Crippen LogP contribution in [0.2, 0.25) is 5.15 Å². The summed E-state index contributed by atoms with van der Waals surface area (Å²) in [6.45, 7) is 6.31. The lowest BCUT2D eigenvalue weighted by atomic mass is 9.86. The summed E-state index contributed by atoms with van der Waals surface area (Å²) < 4.78 is 15.3. The molecule has 1 saturated heterocycles. The van der Waals surface area contributed by atoms with Crippen molar-refractivity contribution in [3.8, 4) is 0 Å². The van der Waals surface area contributed by atoms with Crippen LogP contribution in [0.1, 0.15) is 51.5 Å². The zero-order chi connectivity index (χ0) is 17.9. The smallest absolute Gasteiger partial charge is 0.169 e. The maximum absolute atomic E-state index is 6.63. The van der Waals surface area contributed by atoms with Crippen molar-refractivity contribution >= 4 is 22.8 Å². The van der Waals surface area contributed by atoms with Gasteiger partial charge in [-0.1, -0.05) is 31.0 Å². The first-order valence-corrected chi connectivity index (χ1v) is 9.75. The third kappa shape index (κ3) is 2.28. The average molecular weight is 375 g/mol. The Morgan fingerprint density at radius 3 is 2.81 bits per heavy atom. The van der Waals surface area contributed by atoms with Gasteiger partial charge in [-0.05, 0) is 19.3 Å². The highest BCUT2D eigenvalue weighted by atomic mass is 35.5. The Morgan fingerprint density at radius 1 is 1.23 bits per heavy atom. The minimum Gasteiger partial charge on any atom is -0.343 e. The Morgan fingerprint density at radius 2 is 2.04 bits per heavy atom. The summed E-state index contributed by atoms with van der Waals surface area (Å²) in [6, 6.07) is 0.0836. The summed E-state index contributed by atoms with van der Waals surface area (Å²) in [6.07, 6.45) is 11.7. The fourth-order valence-electron chi connectivity index (χ4n) is 4.96. The maximum Gasteiger partial charge on any atom is 0.169 e. The van der Waals surface area contributed by atoms with Gasteiger partial charge in [-0.2, -0.15) is 0 Å². The summed E-state index contributed by atoms with van der Waals surface area (Å²) >= 11 is 6.19. The lowest BCUT2D eigenvalue weighted by molar-refractivity contribution is -0.208. The molecule has 2 aromatic heterocycles. The van der Waals surface area contributed by atoms with E-state index in [9.17, 15) is 0 Å². The van der Waals surface area contributed by atoms with Gasteiger partial charge < -0.3 is 14.0 Å². The molecule has 0 bridgehead atoms. The van der Waals surface area contributed by atoms with Gasteiger partial charge in [0.2, 0.25) is 0 Å². The minimum absolute atomic E-state index is 0.00198. The normalized spacial score (nSPS) is 35.8. The number of hydrogen-bond acceptors (Lipinski definition) is 5. The van der Waals surface area contributed by atoms with Crippen LogP contribution < -0.4 is 0 Å². The second kappa shape index (κ2) is 5.75. The van der Waals surface area contributed by atoms with Crippen LogP contribution in [-0.2, 0) is 9.47 Å². The topological polar surface area (TPSA) is 62.1 Å². The molecule has 2 aliphatic carbocycles. The van der Waals surface area contributed by atoms with E-state index in [4.69, 9.17) is 21.1 Å². The predicted molar refractivity (Wildman–Crippen MR) is 97.9 cm³/mol. The van der Waals surface area contributed by atoms with E-state index in [2.05, 4.69) is 33.0 Å². The van der Waals surface area contributed by atoms with Crippen LogP contribution in [0.15, 0.2) is 25.3 Å². The largest absolute Gasteiger partial charge is 0.343 e. The molecule has 3 aliphatic rings. The van der Waals surface area contributed by atoms with Crippen LogP contribution in [-0.4, -0.2) is 37.5 Å². The Kier molecular flexibility index (Phi) is 3.68. The molecule has 26 heavy (non-hydrogen) atoms. The van der Waals surface area contributed by atoms with Crippen molar-refractivity contribution in [1.82, 2.24) is 19.5 Å². The summed E-state index contributed by atoms with van der Waals surface area (Å²) in [5.74, 6) is -0.431. The second-order valence-electron chi connectivity index (χ2n) is 8.06. The molecule has 0 amide bonds. The molecular formula is C19H23ClN4O2. The highest BCUT2D eigenvalue weighted by Gasteiger charge is 2.61. The quantitative estimate of drug-likeness (QED) is 0.586. The lowest BCUT2D eigenvalue weighted by Crippen LogP contribution is -2.37. The molecule has 1 spiro atoms. The van der Waals surface area contributed by atoms with Crippen LogP contribution in [0.5, 0.6) is 0 Å². The Bertz CT molecular complexity index is 862. The summed E-state index contributed by atoms with van der Waals surface area (Å²) in [4.78, 5) is 12.9. The molecule has 138 valence electrons. The minimum atomic E-state index is -0.431. The van der Waals surface area contributed by atoms with Crippen molar-refractivity contribution in [2.75, 3.05) is 0 Å². The summed E-state index contributed by atoms with van der Waals surface area (Å²) in [5.41, 5.74) is 1.23. The SMILES string of the molecule is C=C[C@@]1(C)C[C@@H](n2cnc3c(Cl)ncnc32)[C@H]2OC3(CCCCC3)O[C@H]21. The number of halogens is 1. The van der Waals surface area contributed by atoms with Crippen molar-refractivity contribution in [1.29, 1.82) is 0 Å². The van der Waals surface area contributed by atoms with Crippen LogP contribution in [0.25, 0.3) is 11.2 Å². The number of hydrogen-bond donors (Lipinski definition) is 0. The number of rotatable bonds is 2. The van der Waals surface area contributed by atoms with E-state index in [-0.39, 0.29) is 23.7 Å². The number of fused-ring (bicyclic) bond motifs is 2. The zero-order valence-electron chi connectivity index (χ0n) is 14.9. The molecule has 6 nitrogen and oxygen atoms in total. The van der Waals surface area contributed by atoms with Gasteiger partial charge in [0.1, 0.15) is 17.9 Å². The number of ether oxygens (including phenoxy) is 2. The molecule has 3 fully saturated rings. The molecule has 3 heterocycles. The molecule has 0 aromatic carbocycles. The molecule has 0 N–H and O–H groups in total. The Hall–Kier alpha value is -1.50. The fourth-order valence-corrected chi connectivity index (χ4v) is 5.13. The van der Waals surface area contributed by atoms with Crippen molar-refractivity contribution in [2.45, 2.75) is 69.5 Å². The van der Waals surface area contributed by atoms with Crippen LogP contribution in [0.3, 0.4) is 0 Å². The van der Waals surface area contributed by atoms with Crippen LogP contribution >= 0.6 is 11.6 Å². The van der Waals surface area contributed by atoms with Crippen molar-refractivity contribution in [2.24, 2.45) is 5.41 Å². The molecular weight excluding hydrogens is 352 g/mol. The van der Waals surface area contributed by atoms with Crippen LogP contribution in [0.4, 0.5) is 0 Å². The van der Waals surface area contributed by atoms with Gasteiger partial charge in [-0.25, -0.2) is 15.0 Å². The number of aromatic nitrogens is 4. The standard InChI is InChI=1S/C19H23ClN4O2/c1-3-18(2)9-12(24-11-23-13-16(20)21-10-22-17(13)24)14-15(18)26-19(25-14)7-5-4-6-8-19/h3,10-12,14-15H,1,4-9H2,2H3/t12-,14-,15-,18+/m1/s1. The molecule has 0 radical (unpaired) electrons. The Labute approximate surface area is 157 Å². The molecule has 1 aliphatic heterocycles. The van der Waals surface area contributed by atoms with Gasteiger partial charge in [0.05, 0.1) is 18.5 Å². The molecule has 7 heteroatoms. The van der Waals surface area contributed by atoms with Crippen molar-refractivity contribution < 1.29 is 9.47 Å². The van der Waals surface area contributed by atoms with Crippen molar-refractivity contribution in [3.63, 3.8) is 0 Å². The van der Waals surface area contributed by atoms with E-state index in [0.717, 1.165) is 37.8 Å². The molecule has 4 atom stereocenters. The third-order valence-corrected chi connectivity index (χ3v) is 6.70. The third-order valence-electron chi connectivity index (χ3n) is 6.42. The van der Waals surface area contributed by atoms with E-state index in [1.807, 2.05) is 6.08 Å². The number of nitrogens with zero attached hydrogens (tertiary/aromatic N) is 4. The van der Waals surface area contributed by atoms with E-state index in [1.165, 1.54) is 12.7 Å². The first-order chi connectivity index (χ1) is 12.6. The van der Waals surface area contributed by atoms with E-state index >= 15 is 0 Å². The molecule has 0 unspecified atom stereocenters. The van der Waals surface area contributed by atoms with E-state index < -0.39 is 5.79 Å². The van der Waals surface area contributed by atoms with Gasteiger partial charge in [-0.15, -0.1) is 6.58 Å². The van der Waals surface area contributed by atoms with E-state index in [0.29, 0.717) is 10.7 Å². The van der Waals surface area contributed by atoms with E-state index in [1.54, 1.807) is 6.33 Å². The van der Waals surface area contributed by atoms with Gasteiger partial charge in [0.25, 0.3) is 0 Å². The van der Waals surface area contributed by atoms with Crippen LogP contribution in [0, 0.1) is 5.41 Å². The maximum atomic E-state index is 6.63. The lowest BCUT2D eigenvalue weighted by Gasteiger charge is -2.35. The number of imidazole rings is 1. The second-order valence-corrected chi connectivity index (χ2v) is 8.42. The molecule has 5 rings (SSSR count). The van der Waals surface area contributed by atoms with Gasteiger partial charge in [0, 0.05) is 18.3 Å². The van der Waals surface area contributed by atoms with Crippen molar-refractivity contribution in [3.05, 3.63) is 30.5 Å². The summed E-state index contributed by atoms with van der Waals surface area (Å²) in [7, 11) is 0. The monoisotopic (exact) mass is 374 g/mol. The first kappa shape index (κ1) is 16.7. The summed E-state index contributed by atoms with van der Waals surface area (Å²) in [5, 5.41) is 0.377. The first-order valence-electron chi connectivity index (χ1n) is 9.38. The predicted octanol–water partition coefficient (Wildman–Crippen LogP) is 4.06. The van der Waals surface area contributed by atoms with Gasteiger partial charge in [0.15, 0.2) is 16.6 Å². The zero-order valence-corrected chi connectivity index (χ0v) is 15.7. The molecule has 2 saturated carbocycles. The fraction of sp³-hybridized carbons (Fsp3) is 0.632. The highest BCUT2D eigenvalue weighted by Crippen LogP contribution is 2.56. The van der Waals surface area contributed by atoms with Gasteiger partial charge >= 0.3 is 0 Å². The molecule has 2 aromatic rings. The van der Waals surface area contributed by atoms with Gasteiger partial charge in [-0.3, -0.25) is 0 Å².